The molecule has 0 saturated carbocycles. The van der Waals surface area contributed by atoms with Crippen molar-refractivity contribution in [2.45, 2.75) is 129 Å². The molecular weight excluding hydrogens is 332 g/mol. The first-order chi connectivity index (χ1) is 13.0. The molecule has 1 amide bonds. The maximum absolute atomic E-state index is 11.9. The van der Waals surface area contributed by atoms with Crippen LogP contribution in [0, 0.1) is 0 Å². The van der Waals surface area contributed by atoms with Crippen LogP contribution in [-0.2, 0) is 4.79 Å². The molecule has 0 rings (SSSR count). The van der Waals surface area contributed by atoms with E-state index in [4.69, 9.17) is 0 Å². The lowest BCUT2D eigenvalue weighted by Crippen LogP contribution is -2.54. The summed E-state index contributed by atoms with van der Waals surface area (Å²) in [5.74, 6) is 0.197. The molecule has 3 nitrogen and oxygen atoms in total. The van der Waals surface area contributed by atoms with E-state index in [-0.39, 0.29) is 5.91 Å². The Balaban J connectivity index is 3.18. The first-order valence-corrected chi connectivity index (χ1v) is 12.2. The second-order valence-electron chi connectivity index (χ2n) is 8.94. The van der Waals surface area contributed by atoms with Crippen LogP contribution < -0.4 is 5.43 Å². The van der Waals surface area contributed by atoms with Crippen LogP contribution in [0.1, 0.15) is 129 Å². The number of rotatable bonds is 20. The lowest BCUT2D eigenvalue weighted by Gasteiger charge is -2.27. The van der Waals surface area contributed by atoms with Crippen molar-refractivity contribution in [1.29, 1.82) is 0 Å². The van der Waals surface area contributed by atoms with Crippen LogP contribution in [0.25, 0.3) is 0 Å². The Morgan fingerprint density at radius 1 is 0.593 bits per heavy atom. The molecule has 162 valence electrons. The maximum atomic E-state index is 11.9. The lowest BCUT2D eigenvalue weighted by molar-refractivity contribution is -0.923. The minimum absolute atomic E-state index is 0.197. The second-order valence-corrected chi connectivity index (χ2v) is 8.94. The SMILES string of the molecule is CCCCCCCCCCCCCCCCCCCC(=O)N[N+](C)(C)CC. The summed E-state index contributed by atoms with van der Waals surface area (Å²) in [6, 6.07) is 0. The van der Waals surface area contributed by atoms with Gasteiger partial charge >= 0.3 is 0 Å². The predicted octanol–water partition coefficient (Wildman–Crippen LogP) is 7.16. The zero-order valence-corrected chi connectivity index (χ0v) is 19.3. The van der Waals surface area contributed by atoms with Crippen molar-refractivity contribution in [1.82, 2.24) is 5.43 Å². The van der Waals surface area contributed by atoms with Crippen molar-refractivity contribution in [2.24, 2.45) is 0 Å². The largest absolute Gasteiger partial charge is 0.270 e. The normalized spacial score (nSPS) is 11.7. The number of nitrogens with one attached hydrogen (secondary N) is 1. The van der Waals surface area contributed by atoms with E-state index in [1.54, 1.807) is 0 Å². The number of carbonyl (C=O) groups excluding carboxylic acids is 1. The van der Waals surface area contributed by atoms with Gasteiger partial charge in [-0.05, 0) is 13.3 Å². The van der Waals surface area contributed by atoms with E-state index in [1.165, 1.54) is 103 Å². The van der Waals surface area contributed by atoms with Gasteiger partial charge in [0.15, 0.2) is 0 Å². The van der Waals surface area contributed by atoms with Gasteiger partial charge in [-0.15, -0.1) is 0 Å². The summed E-state index contributed by atoms with van der Waals surface area (Å²) in [6.07, 6.45) is 24.1. The summed E-state index contributed by atoms with van der Waals surface area (Å²) < 4.78 is 0.581. The van der Waals surface area contributed by atoms with Crippen molar-refractivity contribution in [3.05, 3.63) is 0 Å². The predicted molar refractivity (Wildman–Crippen MR) is 120 cm³/mol. The van der Waals surface area contributed by atoms with Crippen LogP contribution in [0.2, 0.25) is 0 Å². The molecule has 0 aliphatic rings. The minimum atomic E-state index is 0.197. The number of carbonyl (C=O) groups is 1. The summed E-state index contributed by atoms with van der Waals surface area (Å²) >= 11 is 0. The molecule has 0 radical (unpaired) electrons. The molecular formula is C24H51N2O+. The zero-order valence-electron chi connectivity index (χ0n) is 19.3. The van der Waals surface area contributed by atoms with Crippen LogP contribution in [0.5, 0.6) is 0 Å². The highest BCUT2D eigenvalue weighted by Gasteiger charge is 2.15. The van der Waals surface area contributed by atoms with E-state index in [9.17, 15) is 4.79 Å². The van der Waals surface area contributed by atoms with Gasteiger partial charge in [-0.1, -0.05) is 110 Å². The fourth-order valence-corrected chi connectivity index (χ4v) is 3.48. The first-order valence-electron chi connectivity index (χ1n) is 12.2. The van der Waals surface area contributed by atoms with Gasteiger partial charge in [0.2, 0.25) is 0 Å². The second kappa shape index (κ2) is 18.8. The van der Waals surface area contributed by atoms with Gasteiger partial charge in [0.05, 0.1) is 20.6 Å². The molecule has 1 N–H and O–H groups in total. The van der Waals surface area contributed by atoms with E-state index in [2.05, 4.69) is 19.3 Å². The van der Waals surface area contributed by atoms with Crippen molar-refractivity contribution in [2.75, 3.05) is 20.6 Å². The molecule has 0 aromatic carbocycles. The number of quaternary nitrogens is 1. The monoisotopic (exact) mass is 383 g/mol. The summed E-state index contributed by atoms with van der Waals surface area (Å²) in [7, 11) is 4.07. The Morgan fingerprint density at radius 3 is 1.26 bits per heavy atom. The quantitative estimate of drug-likeness (QED) is 0.135. The van der Waals surface area contributed by atoms with Gasteiger partial charge < -0.3 is 0 Å². The van der Waals surface area contributed by atoms with Gasteiger partial charge in [-0.3, -0.25) is 4.79 Å². The molecule has 0 atom stereocenters. The molecule has 0 saturated heterocycles. The van der Waals surface area contributed by atoms with Crippen LogP contribution in [-0.4, -0.2) is 31.1 Å². The number of amides is 1. The van der Waals surface area contributed by atoms with Gasteiger partial charge in [0, 0.05) is 6.42 Å². The topological polar surface area (TPSA) is 29.1 Å². The Kier molecular flexibility index (Phi) is 18.4. The smallest absolute Gasteiger partial charge is 0.264 e. The maximum Gasteiger partial charge on any atom is 0.264 e. The van der Waals surface area contributed by atoms with Gasteiger partial charge in [0.25, 0.3) is 5.91 Å². The molecule has 0 spiro atoms. The Labute approximate surface area is 171 Å². The summed E-state index contributed by atoms with van der Waals surface area (Å²) in [6.45, 7) is 5.30. The number of unbranched alkanes of at least 4 members (excludes halogenated alkanes) is 16. The molecule has 0 bridgehead atoms. The van der Waals surface area contributed by atoms with Crippen molar-refractivity contribution >= 4 is 5.91 Å². The van der Waals surface area contributed by atoms with Crippen LogP contribution in [0.15, 0.2) is 0 Å². The standard InChI is InChI=1S/C24H50N2O/c1-5-7-8-9-10-11-12-13-14-15-16-17-18-19-20-21-22-23-24(27)25-26(3,4)6-2/h5-23H2,1-4H3/p+1. The summed E-state index contributed by atoms with van der Waals surface area (Å²) in [5.41, 5.74) is 3.06. The third-order valence-electron chi connectivity index (χ3n) is 5.73. The third kappa shape index (κ3) is 20.0. The van der Waals surface area contributed by atoms with Crippen molar-refractivity contribution in [3.63, 3.8) is 0 Å². The van der Waals surface area contributed by atoms with Crippen LogP contribution in [0.3, 0.4) is 0 Å². The Hall–Kier alpha value is -0.570. The summed E-state index contributed by atoms with van der Waals surface area (Å²) in [4.78, 5) is 11.9. The van der Waals surface area contributed by atoms with Gasteiger partial charge in [-0.2, -0.15) is 0 Å². The van der Waals surface area contributed by atoms with Gasteiger partial charge in [-0.25, -0.2) is 10.0 Å². The molecule has 27 heavy (non-hydrogen) atoms. The molecule has 0 fully saturated rings. The van der Waals surface area contributed by atoms with E-state index in [0.29, 0.717) is 11.0 Å². The molecule has 0 aromatic rings. The fraction of sp³-hybridized carbons (Fsp3) is 0.958. The van der Waals surface area contributed by atoms with Crippen molar-refractivity contribution in [3.8, 4) is 0 Å². The van der Waals surface area contributed by atoms with E-state index in [0.717, 1.165) is 13.0 Å². The van der Waals surface area contributed by atoms with Crippen LogP contribution >= 0.6 is 0 Å². The average molecular weight is 384 g/mol. The number of nitrogens with zero attached hydrogens (tertiary/aromatic N) is 1. The molecule has 3 heteroatoms. The summed E-state index contributed by atoms with van der Waals surface area (Å²) in [5, 5.41) is 0. The average Bonchev–Trinajstić information content (AvgIpc) is 2.64. The molecule has 0 aliphatic heterocycles. The highest BCUT2D eigenvalue weighted by molar-refractivity contribution is 5.74. The minimum Gasteiger partial charge on any atom is -0.270 e. The Bertz CT molecular complexity index is 328. The van der Waals surface area contributed by atoms with Crippen molar-refractivity contribution < 1.29 is 9.39 Å². The van der Waals surface area contributed by atoms with Crippen LogP contribution in [0.4, 0.5) is 0 Å². The first kappa shape index (κ1) is 26.4. The number of hydrogen-bond donors (Lipinski definition) is 1. The highest BCUT2D eigenvalue weighted by atomic mass is 16.2. The zero-order chi connectivity index (χ0) is 20.2. The molecule has 0 aromatic heterocycles. The molecule has 0 aliphatic carbocycles. The van der Waals surface area contributed by atoms with E-state index < -0.39 is 0 Å². The molecule has 0 unspecified atom stereocenters. The van der Waals surface area contributed by atoms with E-state index in [1.807, 2.05) is 14.1 Å². The Morgan fingerprint density at radius 2 is 0.926 bits per heavy atom. The van der Waals surface area contributed by atoms with E-state index >= 15 is 0 Å². The van der Waals surface area contributed by atoms with Gasteiger partial charge in [0.1, 0.15) is 0 Å². The lowest BCUT2D eigenvalue weighted by atomic mass is 10.0. The number of hydrogen-bond acceptors (Lipinski definition) is 1. The molecule has 0 heterocycles. The third-order valence-corrected chi connectivity index (χ3v) is 5.73. The fourth-order valence-electron chi connectivity index (χ4n) is 3.48. The highest BCUT2D eigenvalue weighted by Crippen LogP contribution is 2.14.